The third-order valence-corrected chi connectivity index (χ3v) is 5.99. The van der Waals surface area contributed by atoms with E-state index < -0.39 is 10.0 Å². The summed E-state index contributed by atoms with van der Waals surface area (Å²) in [7, 11) is -1.88. The second-order valence-corrected chi connectivity index (χ2v) is 7.62. The van der Waals surface area contributed by atoms with E-state index in [1.54, 1.807) is 31.6 Å². The molecular weight excluding hydrogens is 306 g/mol. The average Bonchev–Trinajstić information content (AvgIpc) is 2.95. The predicted octanol–water partition coefficient (Wildman–Crippen LogP) is 2.07. The lowest BCUT2D eigenvalue weighted by molar-refractivity contribution is 0.465. The van der Waals surface area contributed by atoms with Crippen LogP contribution in [-0.2, 0) is 23.1 Å². The number of rotatable bonds is 7. The van der Waals surface area contributed by atoms with Gasteiger partial charge in [-0.05, 0) is 29.6 Å². The van der Waals surface area contributed by atoms with E-state index in [0.29, 0.717) is 18.0 Å². The number of hydrogen-bond donors (Lipinski definition) is 1. The zero-order valence-corrected chi connectivity index (χ0v) is 13.7. The number of sulfonamides is 1. The quantitative estimate of drug-likeness (QED) is 0.846. The molecule has 0 spiro atoms. The van der Waals surface area contributed by atoms with Gasteiger partial charge in [0.1, 0.15) is 0 Å². The lowest BCUT2D eigenvalue weighted by Gasteiger charge is -2.17. The van der Waals surface area contributed by atoms with Crippen LogP contribution in [0.5, 0.6) is 0 Å². The molecule has 0 saturated carbocycles. The Kier molecular flexibility index (Phi) is 5.46. The standard InChI is InChI=1S/C14H19N3O2S2/c1-3-15-10-13-14(6-8-20-13)21(18,19)17(2)11-12-5-4-7-16-9-12/h4-9,15H,3,10-11H2,1-2H3. The first kappa shape index (κ1) is 16.1. The van der Waals surface area contributed by atoms with Crippen molar-refractivity contribution in [2.45, 2.75) is 24.9 Å². The fourth-order valence-corrected chi connectivity index (χ4v) is 4.47. The van der Waals surface area contributed by atoms with Crippen LogP contribution < -0.4 is 5.32 Å². The van der Waals surface area contributed by atoms with E-state index in [4.69, 9.17) is 0 Å². The van der Waals surface area contributed by atoms with Gasteiger partial charge in [0.25, 0.3) is 0 Å². The van der Waals surface area contributed by atoms with Crippen LogP contribution in [-0.4, -0.2) is 31.3 Å². The van der Waals surface area contributed by atoms with Crippen molar-refractivity contribution in [3.05, 3.63) is 46.4 Å². The maximum Gasteiger partial charge on any atom is 0.244 e. The minimum Gasteiger partial charge on any atom is -0.312 e. The lowest BCUT2D eigenvalue weighted by Crippen LogP contribution is -2.27. The molecule has 0 aromatic carbocycles. The van der Waals surface area contributed by atoms with Crippen molar-refractivity contribution in [1.29, 1.82) is 0 Å². The molecule has 0 bridgehead atoms. The molecule has 7 heteroatoms. The van der Waals surface area contributed by atoms with Gasteiger partial charge < -0.3 is 5.32 Å². The van der Waals surface area contributed by atoms with Crippen LogP contribution >= 0.6 is 11.3 Å². The highest BCUT2D eigenvalue weighted by Gasteiger charge is 2.24. The van der Waals surface area contributed by atoms with Gasteiger partial charge in [0.05, 0.1) is 4.90 Å². The van der Waals surface area contributed by atoms with E-state index in [-0.39, 0.29) is 0 Å². The Bertz CT molecular complexity index is 669. The van der Waals surface area contributed by atoms with Crippen LogP contribution in [0.15, 0.2) is 40.9 Å². The normalized spacial score (nSPS) is 12.0. The summed E-state index contributed by atoms with van der Waals surface area (Å²) in [6.45, 7) is 3.69. The smallest absolute Gasteiger partial charge is 0.244 e. The summed E-state index contributed by atoms with van der Waals surface area (Å²) in [5.41, 5.74) is 0.868. The average molecular weight is 325 g/mol. The Labute approximate surface area is 129 Å². The molecule has 2 aromatic heterocycles. The molecule has 0 aliphatic carbocycles. The molecular formula is C14H19N3O2S2. The van der Waals surface area contributed by atoms with Gasteiger partial charge in [-0.25, -0.2) is 8.42 Å². The van der Waals surface area contributed by atoms with Gasteiger partial charge in [-0.1, -0.05) is 13.0 Å². The summed E-state index contributed by atoms with van der Waals surface area (Å²) in [5.74, 6) is 0. The van der Waals surface area contributed by atoms with Crippen molar-refractivity contribution in [2.75, 3.05) is 13.6 Å². The first-order valence-corrected chi connectivity index (χ1v) is 9.00. The van der Waals surface area contributed by atoms with Gasteiger partial charge in [0.2, 0.25) is 10.0 Å². The van der Waals surface area contributed by atoms with Crippen LogP contribution in [0.1, 0.15) is 17.4 Å². The topological polar surface area (TPSA) is 62.3 Å². The van der Waals surface area contributed by atoms with Crippen LogP contribution in [0.3, 0.4) is 0 Å². The van der Waals surface area contributed by atoms with Gasteiger partial charge in [-0.2, -0.15) is 4.31 Å². The Morgan fingerprint density at radius 2 is 2.19 bits per heavy atom. The monoisotopic (exact) mass is 325 g/mol. The highest BCUT2D eigenvalue weighted by molar-refractivity contribution is 7.89. The Morgan fingerprint density at radius 1 is 1.38 bits per heavy atom. The molecule has 0 atom stereocenters. The molecule has 2 aromatic rings. The van der Waals surface area contributed by atoms with Gasteiger partial charge in [-0.15, -0.1) is 11.3 Å². The molecule has 0 radical (unpaired) electrons. The van der Waals surface area contributed by atoms with Crippen molar-refractivity contribution in [2.24, 2.45) is 0 Å². The third-order valence-electron chi connectivity index (χ3n) is 3.06. The number of thiophene rings is 1. The largest absolute Gasteiger partial charge is 0.312 e. The molecule has 2 heterocycles. The Balaban J connectivity index is 2.19. The molecule has 0 fully saturated rings. The van der Waals surface area contributed by atoms with Crippen LogP contribution in [0.25, 0.3) is 0 Å². The van der Waals surface area contributed by atoms with Crippen LogP contribution in [0.2, 0.25) is 0 Å². The summed E-state index contributed by atoms with van der Waals surface area (Å²) in [6, 6.07) is 5.34. The molecule has 1 N–H and O–H groups in total. The molecule has 5 nitrogen and oxygen atoms in total. The van der Waals surface area contributed by atoms with E-state index in [0.717, 1.165) is 17.0 Å². The molecule has 21 heavy (non-hydrogen) atoms. The molecule has 2 rings (SSSR count). The third kappa shape index (κ3) is 3.88. The van der Waals surface area contributed by atoms with Crippen LogP contribution in [0, 0.1) is 0 Å². The fraction of sp³-hybridized carbons (Fsp3) is 0.357. The van der Waals surface area contributed by atoms with E-state index in [1.807, 2.05) is 18.4 Å². The van der Waals surface area contributed by atoms with Gasteiger partial charge in [0, 0.05) is 37.4 Å². The highest BCUT2D eigenvalue weighted by atomic mass is 32.2. The molecule has 0 saturated heterocycles. The zero-order chi connectivity index (χ0) is 15.3. The van der Waals surface area contributed by atoms with Gasteiger partial charge >= 0.3 is 0 Å². The second-order valence-electron chi connectivity index (χ2n) is 4.61. The van der Waals surface area contributed by atoms with Gasteiger partial charge in [0.15, 0.2) is 0 Å². The van der Waals surface area contributed by atoms with E-state index in [2.05, 4.69) is 10.3 Å². The fourth-order valence-electron chi connectivity index (χ4n) is 1.93. The molecule has 0 amide bonds. The zero-order valence-electron chi connectivity index (χ0n) is 12.1. The van der Waals surface area contributed by atoms with Crippen molar-refractivity contribution in [3.8, 4) is 0 Å². The minimum atomic E-state index is -3.48. The Hall–Kier alpha value is -1.28. The maximum absolute atomic E-state index is 12.7. The number of aromatic nitrogens is 1. The molecule has 0 aliphatic rings. The first-order chi connectivity index (χ1) is 10.1. The van der Waals surface area contributed by atoms with Crippen molar-refractivity contribution < 1.29 is 8.42 Å². The van der Waals surface area contributed by atoms with E-state index >= 15 is 0 Å². The molecule has 0 unspecified atom stereocenters. The van der Waals surface area contributed by atoms with Crippen LogP contribution in [0.4, 0.5) is 0 Å². The molecule has 0 aliphatic heterocycles. The number of nitrogens with zero attached hydrogens (tertiary/aromatic N) is 2. The summed E-state index contributed by atoms with van der Waals surface area (Å²) in [6.07, 6.45) is 3.35. The van der Waals surface area contributed by atoms with Crippen molar-refractivity contribution >= 4 is 21.4 Å². The Morgan fingerprint density at radius 3 is 2.86 bits per heavy atom. The van der Waals surface area contributed by atoms with E-state index in [9.17, 15) is 8.42 Å². The van der Waals surface area contributed by atoms with Crippen molar-refractivity contribution in [1.82, 2.24) is 14.6 Å². The van der Waals surface area contributed by atoms with Crippen molar-refractivity contribution in [3.63, 3.8) is 0 Å². The first-order valence-electron chi connectivity index (χ1n) is 6.68. The summed E-state index contributed by atoms with van der Waals surface area (Å²) < 4.78 is 26.7. The molecule has 114 valence electrons. The minimum absolute atomic E-state index is 0.312. The SMILES string of the molecule is CCNCc1sccc1S(=O)(=O)N(C)Cc1cccnc1. The maximum atomic E-state index is 12.7. The summed E-state index contributed by atoms with van der Waals surface area (Å²) in [5, 5.41) is 4.99. The van der Waals surface area contributed by atoms with Gasteiger partial charge in [-0.3, -0.25) is 4.98 Å². The summed E-state index contributed by atoms with van der Waals surface area (Å²) in [4.78, 5) is 5.24. The van der Waals surface area contributed by atoms with E-state index in [1.165, 1.54) is 15.6 Å². The summed E-state index contributed by atoms with van der Waals surface area (Å²) >= 11 is 1.46. The lowest BCUT2D eigenvalue weighted by atomic mass is 10.3. The number of pyridine rings is 1. The number of hydrogen-bond acceptors (Lipinski definition) is 5. The highest BCUT2D eigenvalue weighted by Crippen LogP contribution is 2.25. The predicted molar refractivity (Wildman–Crippen MR) is 84.6 cm³/mol. The number of nitrogens with one attached hydrogen (secondary N) is 1. The second kappa shape index (κ2) is 7.13.